The molecule has 0 aliphatic heterocycles. The molecular formula is C26H23Cl2N3O4. The summed E-state index contributed by atoms with van der Waals surface area (Å²) in [7, 11) is 1.28. The van der Waals surface area contributed by atoms with E-state index in [-0.39, 0.29) is 17.8 Å². The van der Waals surface area contributed by atoms with Crippen LogP contribution < -0.4 is 21.5 Å². The average Bonchev–Trinajstić information content (AvgIpc) is 2.86. The molecule has 1 atom stereocenters. The molecule has 0 saturated carbocycles. The smallest absolute Gasteiger partial charge is 0.328 e. The van der Waals surface area contributed by atoms with Crippen LogP contribution in [0.25, 0.3) is 22.2 Å². The molecular weight excluding hydrogens is 489 g/mol. The third kappa shape index (κ3) is 5.01. The van der Waals surface area contributed by atoms with Crippen LogP contribution in [0.4, 0.5) is 11.4 Å². The van der Waals surface area contributed by atoms with Crippen LogP contribution in [0.5, 0.6) is 0 Å². The van der Waals surface area contributed by atoms with Gasteiger partial charge in [0.15, 0.2) is 0 Å². The van der Waals surface area contributed by atoms with Crippen molar-refractivity contribution in [3.8, 4) is 11.3 Å². The molecule has 0 amide bonds. The highest BCUT2D eigenvalue weighted by atomic mass is 35.5. The summed E-state index contributed by atoms with van der Waals surface area (Å²) < 4.78 is 4.93. The van der Waals surface area contributed by atoms with E-state index in [9.17, 15) is 14.4 Å². The molecule has 0 bridgehead atoms. The summed E-state index contributed by atoms with van der Waals surface area (Å²) in [6, 6.07) is 13.8. The Bertz CT molecular complexity index is 1460. The van der Waals surface area contributed by atoms with Gasteiger partial charge in [-0.15, -0.1) is 0 Å². The van der Waals surface area contributed by atoms with Gasteiger partial charge in [0.2, 0.25) is 0 Å². The number of benzene rings is 2. The number of hydrogen-bond donors (Lipinski definition) is 2. The highest BCUT2D eigenvalue weighted by Gasteiger charge is 2.27. The number of carbonyl (C=O) groups excluding carboxylic acids is 1. The number of nitrogens with zero attached hydrogens (tertiary/aromatic N) is 1. The maximum absolute atomic E-state index is 12.5. The van der Waals surface area contributed by atoms with Gasteiger partial charge in [-0.05, 0) is 42.3 Å². The van der Waals surface area contributed by atoms with Gasteiger partial charge in [0, 0.05) is 23.9 Å². The molecule has 0 spiro atoms. The monoisotopic (exact) mass is 511 g/mol. The van der Waals surface area contributed by atoms with Crippen LogP contribution in [-0.2, 0) is 16.0 Å². The van der Waals surface area contributed by atoms with Gasteiger partial charge in [0.05, 0.1) is 28.4 Å². The van der Waals surface area contributed by atoms with Gasteiger partial charge in [-0.2, -0.15) is 0 Å². The first-order valence-electron chi connectivity index (χ1n) is 11.1. The number of methoxy groups -OCH3 is 1. The molecule has 0 aliphatic carbocycles. The molecule has 0 fully saturated rings. The van der Waals surface area contributed by atoms with Crippen molar-refractivity contribution in [2.75, 3.05) is 24.3 Å². The zero-order valence-electron chi connectivity index (χ0n) is 19.2. The van der Waals surface area contributed by atoms with E-state index >= 15 is 0 Å². The van der Waals surface area contributed by atoms with Crippen molar-refractivity contribution < 1.29 is 9.53 Å². The van der Waals surface area contributed by atoms with Crippen LogP contribution in [0.3, 0.4) is 0 Å². The minimum absolute atomic E-state index is 0.113. The maximum atomic E-state index is 12.5. The van der Waals surface area contributed by atoms with Gasteiger partial charge in [0.25, 0.3) is 10.9 Å². The van der Waals surface area contributed by atoms with E-state index in [0.29, 0.717) is 27.8 Å². The summed E-state index contributed by atoms with van der Waals surface area (Å²) >= 11 is 12.7. The lowest BCUT2D eigenvalue weighted by Gasteiger charge is -2.21. The third-order valence-corrected chi connectivity index (χ3v) is 6.31. The van der Waals surface area contributed by atoms with Crippen LogP contribution in [0.15, 0.2) is 58.1 Å². The Morgan fingerprint density at radius 3 is 2.43 bits per heavy atom. The van der Waals surface area contributed by atoms with Crippen molar-refractivity contribution >= 4 is 51.4 Å². The van der Waals surface area contributed by atoms with Gasteiger partial charge in [-0.25, -0.2) is 9.78 Å². The van der Waals surface area contributed by atoms with Crippen molar-refractivity contribution in [3.63, 3.8) is 0 Å². The Morgan fingerprint density at radius 1 is 1.03 bits per heavy atom. The highest BCUT2D eigenvalue weighted by Crippen LogP contribution is 2.34. The molecule has 35 heavy (non-hydrogen) atoms. The average molecular weight is 512 g/mol. The molecule has 1 aromatic heterocycles. The van der Waals surface area contributed by atoms with E-state index in [1.54, 1.807) is 18.2 Å². The zero-order chi connectivity index (χ0) is 25.1. The Kier molecular flexibility index (Phi) is 7.38. The molecule has 0 radical (unpaired) electrons. The van der Waals surface area contributed by atoms with E-state index in [4.69, 9.17) is 32.9 Å². The van der Waals surface area contributed by atoms with Crippen LogP contribution in [0.1, 0.15) is 18.9 Å². The molecule has 4 rings (SSSR count). The number of hydrogen-bond acceptors (Lipinski definition) is 7. The lowest BCUT2D eigenvalue weighted by molar-refractivity contribution is -0.141. The number of carbonyl (C=O) groups is 1. The maximum Gasteiger partial charge on any atom is 0.328 e. The topological polar surface area (TPSA) is 97.4 Å². The largest absolute Gasteiger partial charge is 0.467 e. The molecule has 3 aromatic carbocycles. The summed E-state index contributed by atoms with van der Waals surface area (Å²) in [6.45, 7) is 2.49. The molecule has 9 heteroatoms. The summed E-state index contributed by atoms with van der Waals surface area (Å²) in [5.41, 5.74) is 1.97. The Morgan fingerprint density at radius 2 is 1.74 bits per heavy atom. The summed E-state index contributed by atoms with van der Waals surface area (Å²) in [5.74, 6) is -0.540. The normalized spacial score (nSPS) is 12.0. The lowest BCUT2D eigenvalue weighted by Crippen LogP contribution is -2.42. The fraction of sp³-hybridized carbons (Fsp3) is 0.231. The van der Waals surface area contributed by atoms with Crippen LogP contribution in [0.2, 0.25) is 10.0 Å². The Balaban J connectivity index is 1.60. The predicted molar refractivity (Wildman–Crippen MR) is 140 cm³/mol. The highest BCUT2D eigenvalue weighted by molar-refractivity contribution is 6.39. The van der Waals surface area contributed by atoms with Gasteiger partial charge in [-0.1, -0.05) is 48.3 Å². The third-order valence-electron chi connectivity index (χ3n) is 5.68. The minimum atomic E-state index is -0.850. The van der Waals surface area contributed by atoms with Gasteiger partial charge in [-0.3, -0.25) is 9.59 Å². The van der Waals surface area contributed by atoms with E-state index in [1.165, 1.54) is 7.11 Å². The molecule has 0 aliphatic rings. The SMILES string of the molecule is CCCNc1c(NC(Cc2ccc3nc(-c4c(Cl)cccc4Cl)ccc3c2)C(=O)OC)c(=O)c1=O. The standard InChI is InChI=1S/C26H23Cl2N3O4/c1-3-11-29-22-23(25(33)24(22)32)31-20(26(34)35-2)13-14-7-9-18-15(12-14)8-10-19(30-18)21-16(27)5-4-6-17(21)28/h4-10,12,20,29,31H,3,11,13H2,1-2H3. The van der Waals surface area contributed by atoms with E-state index < -0.39 is 22.9 Å². The fourth-order valence-corrected chi connectivity index (χ4v) is 4.47. The fourth-order valence-electron chi connectivity index (χ4n) is 3.88. The van der Waals surface area contributed by atoms with Crippen molar-refractivity contribution in [2.24, 2.45) is 0 Å². The number of ether oxygens (including phenoxy) is 1. The number of anilines is 2. The number of esters is 1. The molecule has 4 aromatic rings. The second-order valence-electron chi connectivity index (χ2n) is 8.08. The van der Waals surface area contributed by atoms with E-state index in [0.717, 1.165) is 22.9 Å². The van der Waals surface area contributed by atoms with Gasteiger partial charge < -0.3 is 15.4 Å². The lowest BCUT2D eigenvalue weighted by atomic mass is 10.0. The summed E-state index contributed by atoms with van der Waals surface area (Å²) in [4.78, 5) is 41.2. The predicted octanol–water partition coefficient (Wildman–Crippen LogP) is 4.82. The minimum Gasteiger partial charge on any atom is -0.467 e. The number of halogens is 2. The first-order valence-corrected chi connectivity index (χ1v) is 11.8. The van der Waals surface area contributed by atoms with Crippen LogP contribution >= 0.6 is 23.2 Å². The first-order chi connectivity index (χ1) is 16.8. The van der Waals surface area contributed by atoms with Crippen molar-refractivity contribution in [3.05, 3.63) is 84.6 Å². The molecule has 0 saturated heterocycles. The van der Waals surface area contributed by atoms with Gasteiger partial charge in [0.1, 0.15) is 17.4 Å². The molecule has 180 valence electrons. The number of rotatable bonds is 9. The Hall–Kier alpha value is -3.42. The molecule has 7 nitrogen and oxygen atoms in total. The zero-order valence-corrected chi connectivity index (χ0v) is 20.7. The molecule has 1 unspecified atom stereocenters. The first kappa shape index (κ1) is 24.7. The second-order valence-corrected chi connectivity index (χ2v) is 8.89. The van der Waals surface area contributed by atoms with Crippen molar-refractivity contribution in [1.29, 1.82) is 0 Å². The number of aromatic nitrogens is 1. The molecule has 2 N–H and O–H groups in total. The van der Waals surface area contributed by atoms with Gasteiger partial charge >= 0.3 is 5.97 Å². The second kappa shape index (κ2) is 10.5. The summed E-state index contributed by atoms with van der Waals surface area (Å²) in [6.07, 6.45) is 1.03. The molecule has 1 heterocycles. The van der Waals surface area contributed by atoms with Crippen molar-refractivity contribution in [1.82, 2.24) is 4.98 Å². The van der Waals surface area contributed by atoms with Crippen molar-refractivity contribution in [2.45, 2.75) is 25.8 Å². The number of fused-ring (bicyclic) bond motifs is 1. The van der Waals surface area contributed by atoms with Crippen LogP contribution in [0, 0.1) is 0 Å². The number of pyridine rings is 1. The van der Waals surface area contributed by atoms with E-state index in [2.05, 4.69) is 10.6 Å². The Labute approximate surface area is 211 Å². The van der Waals surface area contributed by atoms with Crippen LogP contribution in [-0.4, -0.2) is 30.6 Å². The summed E-state index contributed by atoms with van der Waals surface area (Å²) in [5, 5.41) is 7.74. The quantitative estimate of drug-likeness (QED) is 0.245. The number of nitrogens with one attached hydrogen (secondary N) is 2. The van der Waals surface area contributed by atoms with E-state index in [1.807, 2.05) is 37.3 Å².